The molecule has 1 saturated carbocycles. The molecule has 1 N–H and O–H groups in total. The van der Waals surface area contributed by atoms with Gasteiger partial charge in [-0.05, 0) is 25.0 Å². The fourth-order valence-corrected chi connectivity index (χ4v) is 3.36. The lowest BCUT2D eigenvalue weighted by Crippen LogP contribution is -2.21. The standard InChI is InChI=1S/C16H22N4O2/c1-21-10-12-7-20(8-13-3-2-6-17-13)9-14(12)16-18-15(19-22-16)11-4-5-11/h2-3,6,11-12,14,17H,4-5,7-10H2,1H3/t12-,14+/m0/s1. The first-order chi connectivity index (χ1) is 10.8. The highest BCUT2D eigenvalue weighted by Crippen LogP contribution is 2.40. The first-order valence-electron chi connectivity index (χ1n) is 8.00. The van der Waals surface area contributed by atoms with Crippen molar-refractivity contribution in [3.63, 3.8) is 0 Å². The van der Waals surface area contributed by atoms with Gasteiger partial charge in [0.05, 0.1) is 12.5 Å². The van der Waals surface area contributed by atoms with Crippen molar-refractivity contribution < 1.29 is 9.26 Å². The summed E-state index contributed by atoms with van der Waals surface area (Å²) in [5.41, 5.74) is 1.24. The van der Waals surface area contributed by atoms with Gasteiger partial charge < -0.3 is 14.2 Å². The van der Waals surface area contributed by atoms with Gasteiger partial charge in [0, 0.05) is 50.5 Å². The number of nitrogens with one attached hydrogen (secondary N) is 1. The molecule has 22 heavy (non-hydrogen) atoms. The Bertz CT molecular complexity index is 605. The number of H-pyrrole nitrogens is 1. The maximum Gasteiger partial charge on any atom is 0.231 e. The van der Waals surface area contributed by atoms with Crippen molar-refractivity contribution >= 4 is 0 Å². The molecule has 0 bridgehead atoms. The molecule has 0 radical (unpaired) electrons. The zero-order valence-corrected chi connectivity index (χ0v) is 12.9. The van der Waals surface area contributed by atoms with Gasteiger partial charge in [-0.1, -0.05) is 5.16 Å². The summed E-state index contributed by atoms with van der Waals surface area (Å²) in [5, 5.41) is 4.17. The van der Waals surface area contributed by atoms with Gasteiger partial charge >= 0.3 is 0 Å². The maximum atomic E-state index is 5.56. The molecule has 6 nitrogen and oxygen atoms in total. The quantitative estimate of drug-likeness (QED) is 0.885. The van der Waals surface area contributed by atoms with E-state index in [4.69, 9.17) is 9.26 Å². The zero-order valence-electron chi connectivity index (χ0n) is 12.9. The molecule has 3 heterocycles. The molecule has 2 fully saturated rings. The van der Waals surface area contributed by atoms with E-state index >= 15 is 0 Å². The van der Waals surface area contributed by atoms with Gasteiger partial charge in [0.2, 0.25) is 5.89 Å². The molecule has 1 aliphatic carbocycles. The minimum absolute atomic E-state index is 0.273. The lowest BCUT2D eigenvalue weighted by atomic mass is 9.97. The largest absolute Gasteiger partial charge is 0.384 e. The number of aromatic amines is 1. The van der Waals surface area contributed by atoms with E-state index in [9.17, 15) is 0 Å². The molecular formula is C16H22N4O2. The molecule has 0 unspecified atom stereocenters. The fourth-order valence-electron chi connectivity index (χ4n) is 3.36. The van der Waals surface area contributed by atoms with Gasteiger partial charge in [-0.15, -0.1) is 0 Å². The Morgan fingerprint density at radius 2 is 2.32 bits per heavy atom. The molecule has 2 aromatic heterocycles. The highest BCUT2D eigenvalue weighted by molar-refractivity contribution is 5.10. The van der Waals surface area contributed by atoms with E-state index in [-0.39, 0.29) is 5.92 Å². The number of nitrogens with zero attached hydrogens (tertiary/aromatic N) is 3. The Morgan fingerprint density at radius 3 is 3.05 bits per heavy atom. The second kappa shape index (κ2) is 5.85. The van der Waals surface area contributed by atoms with Gasteiger partial charge in [0.15, 0.2) is 5.82 Å². The molecule has 6 heteroatoms. The molecule has 2 aromatic rings. The van der Waals surface area contributed by atoms with Crippen LogP contribution in [0.4, 0.5) is 0 Å². The lowest BCUT2D eigenvalue weighted by Gasteiger charge is -2.14. The van der Waals surface area contributed by atoms with Gasteiger partial charge in [-0.3, -0.25) is 4.90 Å². The van der Waals surface area contributed by atoms with Crippen molar-refractivity contribution in [1.82, 2.24) is 20.0 Å². The molecule has 118 valence electrons. The Kier molecular flexibility index (Phi) is 3.72. The summed E-state index contributed by atoms with van der Waals surface area (Å²) < 4.78 is 11.0. The molecule has 1 saturated heterocycles. The highest BCUT2D eigenvalue weighted by Gasteiger charge is 2.38. The summed E-state index contributed by atoms with van der Waals surface area (Å²) in [7, 11) is 1.76. The number of likely N-dealkylation sites (tertiary alicyclic amines) is 1. The summed E-state index contributed by atoms with van der Waals surface area (Å²) in [4.78, 5) is 10.4. The minimum atomic E-state index is 0.273. The van der Waals surface area contributed by atoms with E-state index in [0.717, 1.165) is 38.0 Å². The molecule has 0 spiro atoms. The molecule has 1 aliphatic heterocycles. The number of methoxy groups -OCH3 is 1. The Labute approximate surface area is 129 Å². The van der Waals surface area contributed by atoms with Crippen molar-refractivity contribution in [2.75, 3.05) is 26.8 Å². The van der Waals surface area contributed by atoms with Crippen LogP contribution in [0.1, 0.15) is 42.1 Å². The predicted molar refractivity (Wildman–Crippen MR) is 80.4 cm³/mol. The van der Waals surface area contributed by atoms with Crippen LogP contribution in [-0.4, -0.2) is 46.8 Å². The molecule has 2 aliphatic rings. The van der Waals surface area contributed by atoms with Gasteiger partial charge in [0.1, 0.15) is 0 Å². The SMILES string of the molecule is COC[C@@H]1CN(Cc2ccc[nH]2)C[C@H]1c1nc(C2CC2)no1. The third-order valence-electron chi connectivity index (χ3n) is 4.67. The molecule has 0 amide bonds. The topological polar surface area (TPSA) is 67.2 Å². The number of hydrogen-bond acceptors (Lipinski definition) is 5. The smallest absolute Gasteiger partial charge is 0.231 e. The average Bonchev–Trinajstić information content (AvgIpc) is 2.94. The van der Waals surface area contributed by atoms with Crippen molar-refractivity contribution in [2.45, 2.75) is 31.2 Å². The van der Waals surface area contributed by atoms with E-state index in [2.05, 4.69) is 26.1 Å². The van der Waals surface area contributed by atoms with Crippen molar-refractivity contribution in [3.05, 3.63) is 35.7 Å². The summed E-state index contributed by atoms with van der Waals surface area (Å²) in [6.45, 7) is 3.60. The summed E-state index contributed by atoms with van der Waals surface area (Å²) in [5.74, 6) is 2.91. The van der Waals surface area contributed by atoms with Crippen LogP contribution in [0, 0.1) is 5.92 Å². The molecule has 2 atom stereocenters. The Balaban J connectivity index is 1.48. The van der Waals surface area contributed by atoms with E-state index in [1.54, 1.807) is 7.11 Å². The average molecular weight is 302 g/mol. The van der Waals surface area contributed by atoms with E-state index in [1.807, 2.05) is 12.3 Å². The third-order valence-corrected chi connectivity index (χ3v) is 4.67. The summed E-state index contributed by atoms with van der Waals surface area (Å²) in [6.07, 6.45) is 4.36. The van der Waals surface area contributed by atoms with Crippen LogP contribution >= 0.6 is 0 Å². The van der Waals surface area contributed by atoms with Gasteiger partial charge in [0.25, 0.3) is 0 Å². The normalized spacial score (nSPS) is 25.9. The number of rotatable bonds is 6. The van der Waals surface area contributed by atoms with Crippen LogP contribution in [0.15, 0.2) is 22.9 Å². The molecule has 4 rings (SSSR count). The Morgan fingerprint density at radius 1 is 1.41 bits per heavy atom. The van der Waals surface area contributed by atoms with Crippen LogP contribution in [0.2, 0.25) is 0 Å². The van der Waals surface area contributed by atoms with Crippen LogP contribution in [0.3, 0.4) is 0 Å². The second-order valence-electron chi connectivity index (χ2n) is 6.48. The van der Waals surface area contributed by atoms with Crippen molar-refractivity contribution in [2.24, 2.45) is 5.92 Å². The minimum Gasteiger partial charge on any atom is -0.384 e. The van der Waals surface area contributed by atoms with Crippen molar-refractivity contribution in [1.29, 1.82) is 0 Å². The van der Waals surface area contributed by atoms with Crippen LogP contribution in [0.5, 0.6) is 0 Å². The number of aromatic nitrogens is 3. The second-order valence-corrected chi connectivity index (χ2v) is 6.48. The Hall–Kier alpha value is -1.66. The highest BCUT2D eigenvalue weighted by atomic mass is 16.5. The summed E-state index contributed by atoms with van der Waals surface area (Å²) >= 11 is 0. The number of ether oxygens (including phenoxy) is 1. The van der Waals surface area contributed by atoms with E-state index in [1.165, 1.54) is 18.5 Å². The van der Waals surface area contributed by atoms with Crippen molar-refractivity contribution in [3.8, 4) is 0 Å². The first-order valence-corrected chi connectivity index (χ1v) is 8.00. The van der Waals surface area contributed by atoms with Crippen LogP contribution < -0.4 is 0 Å². The van der Waals surface area contributed by atoms with E-state index in [0.29, 0.717) is 11.8 Å². The lowest BCUT2D eigenvalue weighted by molar-refractivity contribution is 0.142. The van der Waals surface area contributed by atoms with Crippen LogP contribution in [0.25, 0.3) is 0 Å². The first kappa shape index (κ1) is 14.0. The van der Waals surface area contributed by atoms with Crippen LogP contribution in [-0.2, 0) is 11.3 Å². The summed E-state index contributed by atoms with van der Waals surface area (Å²) in [6, 6.07) is 4.16. The molecule has 0 aromatic carbocycles. The van der Waals surface area contributed by atoms with Gasteiger partial charge in [-0.2, -0.15) is 4.98 Å². The predicted octanol–water partition coefficient (Wildman–Crippen LogP) is 2.14. The molecular weight excluding hydrogens is 280 g/mol. The number of hydrogen-bond donors (Lipinski definition) is 1. The van der Waals surface area contributed by atoms with Gasteiger partial charge in [-0.25, -0.2) is 0 Å². The zero-order chi connectivity index (χ0) is 14.9. The third kappa shape index (κ3) is 2.80. The monoisotopic (exact) mass is 302 g/mol. The maximum absolute atomic E-state index is 5.56. The van der Waals surface area contributed by atoms with E-state index < -0.39 is 0 Å². The fraction of sp³-hybridized carbons (Fsp3) is 0.625.